The normalized spacial score (nSPS) is 10.4. The average molecular weight is 378 g/mol. The quantitative estimate of drug-likeness (QED) is 0.659. The number of rotatable bonds is 6. The van der Waals surface area contributed by atoms with E-state index in [-0.39, 0.29) is 11.1 Å². The highest BCUT2D eigenvalue weighted by molar-refractivity contribution is 5.98. The van der Waals surface area contributed by atoms with Gasteiger partial charge in [0, 0.05) is 0 Å². The molecule has 0 aromatic heterocycles. The van der Waals surface area contributed by atoms with Crippen LogP contribution in [-0.2, 0) is 0 Å². The van der Waals surface area contributed by atoms with Crippen molar-refractivity contribution in [3.8, 4) is 33.8 Å². The van der Waals surface area contributed by atoms with Crippen LogP contribution in [-0.4, -0.2) is 36.4 Å². The lowest BCUT2D eigenvalue weighted by atomic mass is 9.94. The van der Waals surface area contributed by atoms with Crippen LogP contribution >= 0.6 is 0 Å². The summed E-state index contributed by atoms with van der Waals surface area (Å²) in [7, 11) is 3.03. The van der Waals surface area contributed by atoms with Gasteiger partial charge in [-0.25, -0.2) is 9.59 Å². The summed E-state index contributed by atoms with van der Waals surface area (Å²) < 4.78 is 10.4. The molecule has 0 radical (unpaired) electrons. The molecule has 0 amide bonds. The van der Waals surface area contributed by atoms with Gasteiger partial charge in [0.25, 0.3) is 0 Å². The summed E-state index contributed by atoms with van der Waals surface area (Å²) in [5.74, 6) is -0.986. The minimum absolute atomic E-state index is 0.154. The Labute approximate surface area is 161 Å². The molecular formula is C22H18O6. The maximum absolute atomic E-state index is 11.6. The van der Waals surface area contributed by atoms with Gasteiger partial charge in [0.1, 0.15) is 11.5 Å². The molecule has 3 aromatic carbocycles. The summed E-state index contributed by atoms with van der Waals surface area (Å²) in [4.78, 5) is 23.1. The van der Waals surface area contributed by atoms with Gasteiger partial charge in [-0.15, -0.1) is 0 Å². The van der Waals surface area contributed by atoms with E-state index in [0.717, 1.165) is 0 Å². The van der Waals surface area contributed by atoms with Gasteiger partial charge in [0.05, 0.1) is 25.3 Å². The van der Waals surface area contributed by atoms with E-state index in [1.807, 2.05) is 0 Å². The molecule has 2 N–H and O–H groups in total. The number of benzene rings is 3. The number of ether oxygens (including phenoxy) is 2. The average Bonchev–Trinajstić information content (AvgIpc) is 2.72. The Morgan fingerprint density at radius 2 is 1.00 bits per heavy atom. The van der Waals surface area contributed by atoms with Crippen LogP contribution in [0.15, 0.2) is 60.7 Å². The summed E-state index contributed by atoms with van der Waals surface area (Å²) in [6.07, 6.45) is 0. The zero-order valence-corrected chi connectivity index (χ0v) is 15.3. The first-order valence-electron chi connectivity index (χ1n) is 8.38. The van der Waals surface area contributed by atoms with Crippen molar-refractivity contribution >= 4 is 11.9 Å². The van der Waals surface area contributed by atoms with E-state index in [2.05, 4.69) is 0 Å². The molecule has 3 rings (SSSR count). The first-order chi connectivity index (χ1) is 13.4. The van der Waals surface area contributed by atoms with Gasteiger partial charge in [-0.05, 0) is 58.7 Å². The molecule has 3 aromatic rings. The highest BCUT2D eigenvalue weighted by atomic mass is 16.5. The van der Waals surface area contributed by atoms with Crippen LogP contribution in [0.5, 0.6) is 11.5 Å². The lowest BCUT2D eigenvalue weighted by Crippen LogP contribution is -2.01. The van der Waals surface area contributed by atoms with Gasteiger partial charge in [-0.1, -0.05) is 24.3 Å². The second-order valence-corrected chi connectivity index (χ2v) is 6.01. The fraction of sp³-hybridized carbons (Fsp3) is 0.0909. The van der Waals surface area contributed by atoms with Crippen LogP contribution in [0.3, 0.4) is 0 Å². The molecule has 28 heavy (non-hydrogen) atoms. The zero-order valence-electron chi connectivity index (χ0n) is 15.3. The summed E-state index contributed by atoms with van der Waals surface area (Å²) >= 11 is 0. The SMILES string of the molecule is COc1ccc(C(=O)O)c(-c2ccc(-c3cc(OC)ccc3C(=O)O)cc2)c1. The van der Waals surface area contributed by atoms with E-state index in [4.69, 9.17) is 9.47 Å². The van der Waals surface area contributed by atoms with E-state index in [0.29, 0.717) is 33.8 Å². The van der Waals surface area contributed by atoms with E-state index in [1.165, 1.54) is 26.4 Å². The van der Waals surface area contributed by atoms with Crippen LogP contribution in [0.25, 0.3) is 22.3 Å². The summed E-state index contributed by atoms with van der Waals surface area (Å²) in [5, 5.41) is 18.9. The predicted octanol–water partition coefficient (Wildman–Crippen LogP) is 4.43. The third-order valence-corrected chi connectivity index (χ3v) is 4.42. The van der Waals surface area contributed by atoms with Gasteiger partial charge in [0.2, 0.25) is 0 Å². The standard InChI is InChI=1S/C22H18O6/c1-27-15-7-9-17(21(23)24)19(11-15)13-3-5-14(6-4-13)20-12-16(28-2)8-10-18(20)22(25)26/h3-12H,1-2H3,(H,23,24)(H,25,26). The van der Waals surface area contributed by atoms with Gasteiger partial charge >= 0.3 is 11.9 Å². The van der Waals surface area contributed by atoms with Crippen molar-refractivity contribution in [1.82, 2.24) is 0 Å². The smallest absolute Gasteiger partial charge is 0.336 e. The van der Waals surface area contributed by atoms with Gasteiger partial charge in [0.15, 0.2) is 0 Å². The van der Waals surface area contributed by atoms with Crippen molar-refractivity contribution < 1.29 is 29.3 Å². The molecule has 0 aliphatic carbocycles. The molecule has 0 fully saturated rings. The Morgan fingerprint density at radius 1 is 0.643 bits per heavy atom. The fourth-order valence-electron chi connectivity index (χ4n) is 2.98. The molecule has 0 aliphatic heterocycles. The van der Waals surface area contributed by atoms with Crippen LogP contribution < -0.4 is 9.47 Å². The molecule has 0 spiro atoms. The monoisotopic (exact) mass is 378 g/mol. The molecule has 0 saturated heterocycles. The van der Waals surface area contributed by atoms with Crippen LogP contribution in [0.2, 0.25) is 0 Å². The lowest BCUT2D eigenvalue weighted by Gasteiger charge is -2.12. The van der Waals surface area contributed by atoms with Crippen molar-refractivity contribution in [3.63, 3.8) is 0 Å². The van der Waals surface area contributed by atoms with Crippen molar-refractivity contribution in [2.24, 2.45) is 0 Å². The largest absolute Gasteiger partial charge is 0.497 e. The Balaban J connectivity index is 2.09. The maximum Gasteiger partial charge on any atom is 0.336 e. The Morgan fingerprint density at radius 3 is 1.29 bits per heavy atom. The van der Waals surface area contributed by atoms with Crippen LogP contribution in [0.1, 0.15) is 20.7 Å². The Bertz CT molecular complexity index is 953. The van der Waals surface area contributed by atoms with Gasteiger partial charge in [-0.3, -0.25) is 0 Å². The molecular weight excluding hydrogens is 360 g/mol. The van der Waals surface area contributed by atoms with Crippen molar-refractivity contribution in [3.05, 3.63) is 71.8 Å². The first-order valence-corrected chi connectivity index (χ1v) is 8.38. The third kappa shape index (κ3) is 3.66. The van der Waals surface area contributed by atoms with Crippen molar-refractivity contribution in [2.45, 2.75) is 0 Å². The molecule has 0 saturated carbocycles. The fourth-order valence-corrected chi connectivity index (χ4v) is 2.98. The van der Waals surface area contributed by atoms with Crippen LogP contribution in [0.4, 0.5) is 0 Å². The van der Waals surface area contributed by atoms with E-state index >= 15 is 0 Å². The molecule has 0 aliphatic rings. The molecule has 0 bridgehead atoms. The number of hydrogen-bond acceptors (Lipinski definition) is 4. The van der Waals surface area contributed by atoms with Crippen molar-refractivity contribution in [1.29, 1.82) is 0 Å². The molecule has 6 nitrogen and oxygen atoms in total. The second-order valence-electron chi connectivity index (χ2n) is 6.01. The molecule has 6 heteroatoms. The zero-order chi connectivity index (χ0) is 20.3. The highest BCUT2D eigenvalue weighted by Gasteiger charge is 2.15. The Kier molecular flexibility index (Phi) is 5.31. The number of methoxy groups -OCH3 is 2. The highest BCUT2D eigenvalue weighted by Crippen LogP contribution is 2.32. The minimum atomic E-state index is -1.04. The number of aromatic carboxylic acids is 2. The summed E-state index contributed by atoms with van der Waals surface area (Å²) in [6.45, 7) is 0. The molecule has 142 valence electrons. The number of carboxylic acid groups (broad SMARTS) is 2. The maximum atomic E-state index is 11.6. The summed E-state index contributed by atoms with van der Waals surface area (Å²) in [6, 6.07) is 16.5. The van der Waals surface area contributed by atoms with E-state index in [9.17, 15) is 19.8 Å². The van der Waals surface area contributed by atoms with Gasteiger partial charge in [-0.2, -0.15) is 0 Å². The number of hydrogen-bond donors (Lipinski definition) is 2. The molecule has 0 atom stereocenters. The lowest BCUT2D eigenvalue weighted by molar-refractivity contribution is 0.0686. The van der Waals surface area contributed by atoms with Crippen molar-refractivity contribution in [2.75, 3.05) is 14.2 Å². The van der Waals surface area contributed by atoms with Gasteiger partial charge < -0.3 is 19.7 Å². The minimum Gasteiger partial charge on any atom is -0.497 e. The number of carboxylic acids is 2. The molecule has 0 heterocycles. The van der Waals surface area contributed by atoms with Crippen LogP contribution in [0, 0.1) is 0 Å². The third-order valence-electron chi connectivity index (χ3n) is 4.42. The second kappa shape index (κ2) is 7.84. The first kappa shape index (κ1) is 19.0. The van der Waals surface area contributed by atoms with E-state index in [1.54, 1.807) is 48.5 Å². The van der Waals surface area contributed by atoms with E-state index < -0.39 is 11.9 Å². The topological polar surface area (TPSA) is 93.1 Å². The summed E-state index contributed by atoms with van der Waals surface area (Å²) in [5.41, 5.74) is 2.70. The number of carbonyl (C=O) groups is 2. The predicted molar refractivity (Wildman–Crippen MR) is 104 cm³/mol. The Hall–Kier alpha value is -3.80. The molecule has 0 unspecified atom stereocenters.